The molecule has 0 saturated heterocycles. The van der Waals surface area contributed by atoms with E-state index in [0.717, 1.165) is 19.5 Å². The van der Waals surface area contributed by atoms with Crippen LogP contribution in [0, 0.1) is 0 Å². The fourth-order valence-corrected chi connectivity index (χ4v) is 6.49. The average Bonchev–Trinajstić information content (AvgIpc) is 3.32. The summed E-state index contributed by atoms with van der Waals surface area (Å²) < 4.78 is 3.88. The quantitative estimate of drug-likeness (QED) is 0.518. The SMILES string of the molecule is CCN1/C(=C/C(C)=C2\CC[n+]3c2sc2ccccc23)Sc2ccccc21. The fourth-order valence-electron chi connectivity index (χ4n) is 3.94. The second-order valence-electron chi connectivity index (χ2n) is 6.73. The van der Waals surface area contributed by atoms with Gasteiger partial charge in [-0.05, 0) is 43.7 Å². The predicted molar refractivity (Wildman–Crippen MR) is 113 cm³/mol. The van der Waals surface area contributed by atoms with E-state index in [1.54, 1.807) is 0 Å². The number of allylic oxidation sites excluding steroid dienone is 3. The number of anilines is 1. The van der Waals surface area contributed by atoms with Gasteiger partial charge in [-0.25, -0.2) is 0 Å². The van der Waals surface area contributed by atoms with Crippen LogP contribution < -0.4 is 9.47 Å². The second kappa shape index (κ2) is 6.29. The van der Waals surface area contributed by atoms with Crippen molar-refractivity contribution < 1.29 is 4.57 Å². The minimum absolute atomic E-state index is 1.00. The molecule has 5 rings (SSSR count). The van der Waals surface area contributed by atoms with Crippen molar-refractivity contribution in [3.8, 4) is 0 Å². The van der Waals surface area contributed by atoms with Crippen LogP contribution in [0.25, 0.3) is 15.8 Å². The summed E-state index contributed by atoms with van der Waals surface area (Å²) in [4.78, 5) is 3.79. The number of rotatable bonds is 2. The molecule has 2 nitrogen and oxygen atoms in total. The van der Waals surface area contributed by atoms with Gasteiger partial charge in [0, 0.05) is 29.5 Å². The molecule has 0 unspecified atom stereocenters. The van der Waals surface area contributed by atoms with Gasteiger partial charge in [0.15, 0.2) is 6.54 Å². The van der Waals surface area contributed by atoms with Crippen LogP contribution in [0.15, 0.2) is 70.1 Å². The van der Waals surface area contributed by atoms with E-state index in [1.807, 2.05) is 23.1 Å². The molecule has 1 aromatic heterocycles. The largest absolute Gasteiger partial charge is 0.335 e. The highest BCUT2D eigenvalue weighted by Crippen LogP contribution is 2.46. The topological polar surface area (TPSA) is 7.12 Å². The lowest BCUT2D eigenvalue weighted by Gasteiger charge is -2.18. The highest BCUT2D eigenvalue weighted by Gasteiger charge is 2.31. The number of hydrogen-bond acceptors (Lipinski definition) is 3. The third-order valence-electron chi connectivity index (χ3n) is 5.22. The van der Waals surface area contributed by atoms with Gasteiger partial charge in [0.05, 0.1) is 10.7 Å². The summed E-state index contributed by atoms with van der Waals surface area (Å²) in [6, 6.07) is 17.5. The summed E-state index contributed by atoms with van der Waals surface area (Å²) in [5.74, 6) is 0. The third-order valence-corrected chi connectivity index (χ3v) is 7.56. The zero-order valence-electron chi connectivity index (χ0n) is 15.0. The number of thioether (sulfide) groups is 1. The van der Waals surface area contributed by atoms with Crippen molar-refractivity contribution in [2.45, 2.75) is 31.7 Å². The molecule has 0 bridgehead atoms. The Kier molecular flexibility index (Phi) is 3.91. The van der Waals surface area contributed by atoms with Gasteiger partial charge in [-0.2, -0.15) is 4.57 Å². The Hall–Kier alpha value is -2.04. The van der Waals surface area contributed by atoms with E-state index in [2.05, 4.69) is 77.9 Å². The van der Waals surface area contributed by atoms with Crippen molar-refractivity contribution in [3.63, 3.8) is 0 Å². The lowest BCUT2D eigenvalue weighted by atomic mass is 10.1. The maximum absolute atomic E-state index is 2.49. The molecular formula is C22H21N2S2+. The Bertz CT molecular complexity index is 1070. The summed E-state index contributed by atoms with van der Waals surface area (Å²) in [5.41, 5.74) is 5.62. The van der Waals surface area contributed by atoms with Crippen molar-refractivity contribution in [2.75, 3.05) is 11.4 Å². The van der Waals surface area contributed by atoms with Crippen LogP contribution in [-0.4, -0.2) is 6.54 Å². The predicted octanol–water partition coefficient (Wildman–Crippen LogP) is 5.84. The molecule has 0 radical (unpaired) electrons. The molecule has 0 amide bonds. The Labute approximate surface area is 162 Å². The maximum atomic E-state index is 2.49. The summed E-state index contributed by atoms with van der Waals surface area (Å²) in [5, 5.41) is 2.78. The summed E-state index contributed by atoms with van der Waals surface area (Å²) >= 11 is 3.82. The molecule has 0 fully saturated rings. The number of aromatic nitrogens is 1. The standard InChI is InChI=1S/C22H21N2S2/c1-3-23-17-8-4-6-10-19(17)25-21(23)14-15(2)16-12-13-24-18-9-5-7-11-20(18)26-22(16)24/h4-11,14H,3,12-13H2,1-2H3/q+1. The Morgan fingerprint density at radius 2 is 1.96 bits per heavy atom. The van der Waals surface area contributed by atoms with E-state index >= 15 is 0 Å². The van der Waals surface area contributed by atoms with Gasteiger partial charge >= 0.3 is 0 Å². The molecule has 3 aromatic rings. The smallest absolute Gasteiger partial charge is 0.266 e. The Balaban J connectivity index is 1.57. The number of fused-ring (bicyclic) bond motifs is 4. The molecule has 0 spiro atoms. The number of aryl methyl sites for hydroxylation is 1. The number of nitrogens with zero attached hydrogens (tertiary/aromatic N) is 2. The van der Waals surface area contributed by atoms with Crippen LogP contribution in [-0.2, 0) is 6.54 Å². The van der Waals surface area contributed by atoms with Gasteiger partial charge in [-0.1, -0.05) is 47.4 Å². The summed E-state index contributed by atoms with van der Waals surface area (Å²) in [7, 11) is 0. The molecule has 2 aromatic carbocycles. The lowest BCUT2D eigenvalue weighted by Crippen LogP contribution is -2.30. The first-order chi connectivity index (χ1) is 12.8. The van der Waals surface area contributed by atoms with Crippen LogP contribution in [0.4, 0.5) is 5.69 Å². The monoisotopic (exact) mass is 377 g/mol. The molecule has 0 saturated carbocycles. The molecule has 3 heterocycles. The minimum atomic E-state index is 1.00. The summed E-state index contributed by atoms with van der Waals surface area (Å²) in [6.07, 6.45) is 3.53. The van der Waals surface area contributed by atoms with E-state index in [-0.39, 0.29) is 0 Å². The minimum Gasteiger partial charge on any atom is -0.335 e. The van der Waals surface area contributed by atoms with Crippen LogP contribution in [0.5, 0.6) is 0 Å². The Morgan fingerprint density at radius 3 is 2.85 bits per heavy atom. The fraction of sp³-hybridized carbons (Fsp3) is 0.227. The zero-order valence-corrected chi connectivity index (χ0v) is 16.7. The van der Waals surface area contributed by atoms with Gasteiger partial charge in [-0.3, -0.25) is 0 Å². The molecule has 0 N–H and O–H groups in total. The summed E-state index contributed by atoms with van der Waals surface area (Å²) in [6.45, 7) is 6.61. The van der Waals surface area contributed by atoms with E-state index in [0.29, 0.717) is 0 Å². The highest BCUT2D eigenvalue weighted by molar-refractivity contribution is 8.03. The van der Waals surface area contributed by atoms with Gasteiger partial charge in [0.2, 0.25) is 5.52 Å². The molecule has 2 aliphatic heterocycles. The van der Waals surface area contributed by atoms with E-state index < -0.39 is 0 Å². The molecule has 2 aliphatic rings. The molecule has 0 atom stereocenters. The van der Waals surface area contributed by atoms with Gasteiger partial charge in [0.1, 0.15) is 4.70 Å². The Morgan fingerprint density at radius 1 is 1.15 bits per heavy atom. The number of para-hydroxylation sites is 2. The zero-order chi connectivity index (χ0) is 17.7. The van der Waals surface area contributed by atoms with Crippen LogP contribution in [0.1, 0.15) is 25.3 Å². The normalized spacial score (nSPS) is 19.3. The van der Waals surface area contributed by atoms with E-state index in [4.69, 9.17) is 0 Å². The number of hydrogen-bond donors (Lipinski definition) is 0. The molecule has 130 valence electrons. The highest BCUT2D eigenvalue weighted by atomic mass is 32.2. The average molecular weight is 378 g/mol. The maximum Gasteiger partial charge on any atom is 0.266 e. The first-order valence-corrected chi connectivity index (χ1v) is 10.8. The van der Waals surface area contributed by atoms with Crippen LogP contribution >= 0.6 is 23.1 Å². The van der Waals surface area contributed by atoms with Gasteiger partial charge in [0.25, 0.3) is 5.01 Å². The van der Waals surface area contributed by atoms with Crippen LogP contribution in [0.3, 0.4) is 0 Å². The molecule has 4 heteroatoms. The first kappa shape index (κ1) is 16.2. The second-order valence-corrected chi connectivity index (χ2v) is 8.83. The lowest BCUT2D eigenvalue weighted by molar-refractivity contribution is -0.659. The number of thiazole rings is 1. The van der Waals surface area contributed by atoms with E-state index in [1.165, 1.54) is 42.0 Å². The van der Waals surface area contributed by atoms with E-state index in [9.17, 15) is 0 Å². The third kappa shape index (κ3) is 2.43. The van der Waals surface area contributed by atoms with Crippen molar-refractivity contribution in [2.24, 2.45) is 0 Å². The van der Waals surface area contributed by atoms with Crippen molar-refractivity contribution in [1.82, 2.24) is 0 Å². The van der Waals surface area contributed by atoms with Crippen molar-refractivity contribution in [3.05, 3.63) is 70.2 Å². The molecular weight excluding hydrogens is 356 g/mol. The first-order valence-electron chi connectivity index (χ1n) is 9.14. The van der Waals surface area contributed by atoms with Gasteiger partial charge in [-0.15, -0.1) is 0 Å². The van der Waals surface area contributed by atoms with Crippen molar-refractivity contribution in [1.29, 1.82) is 0 Å². The molecule has 26 heavy (non-hydrogen) atoms. The van der Waals surface area contributed by atoms with Crippen LogP contribution in [0.2, 0.25) is 0 Å². The molecule has 0 aliphatic carbocycles. The number of benzene rings is 2. The van der Waals surface area contributed by atoms with Crippen molar-refractivity contribution >= 4 is 44.6 Å². The van der Waals surface area contributed by atoms with Gasteiger partial charge < -0.3 is 4.90 Å².